The third-order valence-corrected chi connectivity index (χ3v) is 4.12. The van der Waals surface area contributed by atoms with E-state index in [9.17, 15) is 0 Å². The summed E-state index contributed by atoms with van der Waals surface area (Å²) in [5.74, 6) is 1.05. The van der Waals surface area contributed by atoms with Crippen LogP contribution in [0.3, 0.4) is 0 Å². The molecule has 21 heavy (non-hydrogen) atoms. The smallest absolute Gasteiger partial charge is 0.123 e. The monoisotopic (exact) mass is 283 g/mol. The van der Waals surface area contributed by atoms with Crippen LogP contribution in [0, 0.1) is 13.8 Å². The van der Waals surface area contributed by atoms with Gasteiger partial charge < -0.3 is 9.88 Å². The molecule has 0 fully saturated rings. The highest BCUT2D eigenvalue weighted by atomic mass is 15.3. The van der Waals surface area contributed by atoms with E-state index in [0.717, 1.165) is 30.1 Å². The first-order chi connectivity index (χ1) is 10.1. The Bertz CT molecular complexity index is 781. The van der Waals surface area contributed by atoms with Crippen LogP contribution in [-0.2, 0) is 27.2 Å². The summed E-state index contributed by atoms with van der Waals surface area (Å²) in [4.78, 5) is 4.67. The molecule has 5 nitrogen and oxygen atoms in total. The number of aromatic nitrogens is 4. The minimum Gasteiger partial charge on any atom is -0.330 e. The highest BCUT2D eigenvalue weighted by Gasteiger charge is 2.10. The van der Waals surface area contributed by atoms with Crippen LogP contribution in [0.2, 0.25) is 0 Å². The molecule has 0 spiro atoms. The number of hydrogen-bond donors (Lipinski definition) is 1. The molecule has 5 heteroatoms. The third-order valence-electron chi connectivity index (χ3n) is 4.12. The Kier molecular flexibility index (Phi) is 3.51. The van der Waals surface area contributed by atoms with E-state index in [4.69, 9.17) is 0 Å². The second-order valence-corrected chi connectivity index (χ2v) is 5.45. The Morgan fingerprint density at radius 2 is 1.86 bits per heavy atom. The number of benzene rings is 1. The van der Waals surface area contributed by atoms with Crippen molar-refractivity contribution in [2.45, 2.75) is 26.9 Å². The van der Waals surface area contributed by atoms with Crippen molar-refractivity contribution in [3.05, 3.63) is 47.0 Å². The van der Waals surface area contributed by atoms with Crippen LogP contribution in [0.25, 0.3) is 11.0 Å². The Morgan fingerprint density at radius 3 is 2.52 bits per heavy atom. The van der Waals surface area contributed by atoms with Gasteiger partial charge in [-0.1, -0.05) is 12.1 Å². The van der Waals surface area contributed by atoms with Crippen LogP contribution >= 0.6 is 0 Å². The fourth-order valence-corrected chi connectivity index (χ4v) is 2.73. The molecule has 0 bridgehead atoms. The predicted molar refractivity (Wildman–Crippen MR) is 83.9 cm³/mol. The van der Waals surface area contributed by atoms with E-state index < -0.39 is 0 Å². The number of aryl methyl sites for hydroxylation is 3. The Balaban J connectivity index is 1.73. The van der Waals surface area contributed by atoms with Gasteiger partial charge in [0.1, 0.15) is 5.82 Å². The molecule has 3 aromatic rings. The summed E-state index contributed by atoms with van der Waals surface area (Å²) in [5.41, 5.74) is 5.79. The summed E-state index contributed by atoms with van der Waals surface area (Å²) in [7, 11) is 4.05. The second-order valence-electron chi connectivity index (χ2n) is 5.45. The standard InChI is InChI=1S/C16H21N5/c1-11-13(12(2)21(4)19-11)9-17-10-16-18-14-7-5-6-8-15(14)20(16)3/h5-8,17H,9-10H2,1-4H3. The SMILES string of the molecule is Cc1nn(C)c(C)c1CNCc1nc2ccccc2n1C. The third kappa shape index (κ3) is 2.45. The van der Waals surface area contributed by atoms with E-state index in [2.05, 4.69) is 46.9 Å². The van der Waals surface area contributed by atoms with Gasteiger partial charge in [-0.05, 0) is 26.0 Å². The molecule has 0 amide bonds. The zero-order chi connectivity index (χ0) is 15.0. The number of nitrogens with one attached hydrogen (secondary N) is 1. The van der Waals surface area contributed by atoms with Gasteiger partial charge in [0.05, 0.1) is 23.3 Å². The number of fused-ring (bicyclic) bond motifs is 1. The van der Waals surface area contributed by atoms with Crippen LogP contribution in [-0.4, -0.2) is 19.3 Å². The lowest BCUT2D eigenvalue weighted by molar-refractivity contribution is 0.639. The first-order valence-electron chi connectivity index (χ1n) is 7.18. The Morgan fingerprint density at radius 1 is 1.10 bits per heavy atom. The summed E-state index contributed by atoms with van der Waals surface area (Å²) in [5, 5.41) is 7.92. The van der Waals surface area contributed by atoms with Crippen molar-refractivity contribution in [1.82, 2.24) is 24.6 Å². The molecule has 0 radical (unpaired) electrons. The largest absolute Gasteiger partial charge is 0.330 e. The molecule has 0 aliphatic carbocycles. The number of nitrogens with zero attached hydrogens (tertiary/aromatic N) is 4. The van der Waals surface area contributed by atoms with E-state index in [1.54, 1.807) is 0 Å². The molecular weight excluding hydrogens is 262 g/mol. The molecular formula is C16H21N5. The maximum Gasteiger partial charge on any atom is 0.123 e. The van der Waals surface area contributed by atoms with Crippen molar-refractivity contribution in [3.8, 4) is 0 Å². The molecule has 110 valence electrons. The van der Waals surface area contributed by atoms with E-state index in [1.165, 1.54) is 16.8 Å². The van der Waals surface area contributed by atoms with Crippen molar-refractivity contribution >= 4 is 11.0 Å². The highest BCUT2D eigenvalue weighted by Crippen LogP contribution is 2.15. The van der Waals surface area contributed by atoms with E-state index in [1.807, 2.05) is 29.9 Å². The average molecular weight is 283 g/mol. The van der Waals surface area contributed by atoms with Crippen LogP contribution < -0.4 is 5.32 Å². The lowest BCUT2D eigenvalue weighted by atomic mass is 10.2. The van der Waals surface area contributed by atoms with Crippen LogP contribution in [0.4, 0.5) is 0 Å². The fourth-order valence-electron chi connectivity index (χ4n) is 2.73. The van der Waals surface area contributed by atoms with Crippen molar-refractivity contribution in [2.24, 2.45) is 14.1 Å². The predicted octanol–water partition coefficient (Wildman–Crippen LogP) is 2.21. The molecule has 0 aliphatic heterocycles. The van der Waals surface area contributed by atoms with E-state index in [-0.39, 0.29) is 0 Å². The summed E-state index contributed by atoms with van der Waals surface area (Å²) in [6.45, 7) is 5.72. The minimum absolute atomic E-state index is 0.749. The first kappa shape index (κ1) is 13.8. The fraction of sp³-hybridized carbons (Fsp3) is 0.375. The quantitative estimate of drug-likeness (QED) is 0.798. The molecule has 0 atom stereocenters. The van der Waals surface area contributed by atoms with Gasteiger partial charge >= 0.3 is 0 Å². The van der Waals surface area contributed by atoms with Crippen LogP contribution in [0.5, 0.6) is 0 Å². The molecule has 3 rings (SSSR count). The van der Waals surface area contributed by atoms with Gasteiger partial charge in [-0.25, -0.2) is 4.98 Å². The lowest BCUT2D eigenvalue weighted by Crippen LogP contribution is -2.16. The van der Waals surface area contributed by atoms with Crippen molar-refractivity contribution in [1.29, 1.82) is 0 Å². The minimum atomic E-state index is 0.749. The molecule has 2 heterocycles. The molecule has 0 aliphatic rings. The number of para-hydroxylation sites is 2. The number of hydrogen-bond acceptors (Lipinski definition) is 3. The first-order valence-corrected chi connectivity index (χ1v) is 7.18. The number of imidazole rings is 1. The van der Waals surface area contributed by atoms with Gasteiger partial charge in [-0.15, -0.1) is 0 Å². The zero-order valence-corrected chi connectivity index (χ0v) is 13.0. The summed E-state index contributed by atoms with van der Waals surface area (Å²) >= 11 is 0. The molecule has 0 unspecified atom stereocenters. The summed E-state index contributed by atoms with van der Waals surface area (Å²) in [6, 6.07) is 8.22. The topological polar surface area (TPSA) is 47.7 Å². The van der Waals surface area contributed by atoms with Gasteiger partial charge in [0.2, 0.25) is 0 Å². The molecule has 0 saturated heterocycles. The van der Waals surface area contributed by atoms with Crippen LogP contribution in [0.1, 0.15) is 22.8 Å². The molecule has 1 N–H and O–H groups in total. The normalized spacial score (nSPS) is 11.4. The summed E-state index contributed by atoms with van der Waals surface area (Å²) < 4.78 is 4.08. The molecule has 0 saturated carbocycles. The lowest BCUT2D eigenvalue weighted by Gasteiger charge is -2.06. The van der Waals surface area contributed by atoms with Crippen LogP contribution in [0.15, 0.2) is 24.3 Å². The van der Waals surface area contributed by atoms with Crippen molar-refractivity contribution in [3.63, 3.8) is 0 Å². The van der Waals surface area contributed by atoms with Gasteiger partial charge in [0.25, 0.3) is 0 Å². The maximum atomic E-state index is 4.67. The van der Waals surface area contributed by atoms with Gasteiger partial charge in [0.15, 0.2) is 0 Å². The Labute approximate surface area is 124 Å². The molecule has 1 aromatic carbocycles. The van der Waals surface area contributed by atoms with Gasteiger partial charge in [-0.3, -0.25) is 4.68 Å². The van der Waals surface area contributed by atoms with Crippen molar-refractivity contribution < 1.29 is 0 Å². The number of rotatable bonds is 4. The highest BCUT2D eigenvalue weighted by molar-refractivity contribution is 5.75. The average Bonchev–Trinajstić information content (AvgIpc) is 2.91. The van der Waals surface area contributed by atoms with Crippen molar-refractivity contribution in [2.75, 3.05) is 0 Å². The second kappa shape index (κ2) is 5.33. The van der Waals surface area contributed by atoms with Gasteiger partial charge in [0, 0.05) is 31.9 Å². The molecule has 2 aromatic heterocycles. The maximum absolute atomic E-state index is 4.67. The zero-order valence-electron chi connectivity index (χ0n) is 13.0. The van der Waals surface area contributed by atoms with Gasteiger partial charge in [-0.2, -0.15) is 5.10 Å². The summed E-state index contributed by atoms with van der Waals surface area (Å²) in [6.07, 6.45) is 0. The van der Waals surface area contributed by atoms with E-state index >= 15 is 0 Å². The van der Waals surface area contributed by atoms with E-state index in [0.29, 0.717) is 0 Å². The Hall–Kier alpha value is -2.14.